The Bertz CT molecular complexity index is 473. The van der Waals surface area contributed by atoms with Gasteiger partial charge in [0.15, 0.2) is 0 Å². The SMILES string of the molecule is C=CCC[C@H](C)Nc1cccc(N2CCCNC2=O)c1. The molecular formula is C16H23N3O. The van der Waals surface area contributed by atoms with Crippen LogP contribution in [0, 0.1) is 0 Å². The van der Waals surface area contributed by atoms with Crippen LogP contribution < -0.4 is 15.5 Å². The Labute approximate surface area is 120 Å². The lowest BCUT2D eigenvalue weighted by Gasteiger charge is -2.28. The molecule has 1 aromatic carbocycles. The summed E-state index contributed by atoms with van der Waals surface area (Å²) in [7, 11) is 0. The maximum Gasteiger partial charge on any atom is 0.321 e. The van der Waals surface area contributed by atoms with Crippen molar-refractivity contribution in [2.75, 3.05) is 23.3 Å². The first kappa shape index (κ1) is 14.4. The Hall–Kier alpha value is -1.97. The van der Waals surface area contributed by atoms with Gasteiger partial charge < -0.3 is 10.6 Å². The van der Waals surface area contributed by atoms with Crippen LogP contribution in [0.4, 0.5) is 16.2 Å². The van der Waals surface area contributed by atoms with Crippen LogP contribution in [0.25, 0.3) is 0 Å². The summed E-state index contributed by atoms with van der Waals surface area (Å²) < 4.78 is 0. The second kappa shape index (κ2) is 6.98. The average Bonchev–Trinajstić information content (AvgIpc) is 2.46. The number of carbonyl (C=O) groups is 1. The second-order valence-corrected chi connectivity index (χ2v) is 5.20. The molecule has 0 unspecified atom stereocenters. The van der Waals surface area contributed by atoms with Gasteiger partial charge in [0.05, 0.1) is 0 Å². The van der Waals surface area contributed by atoms with Gasteiger partial charge in [0.2, 0.25) is 0 Å². The van der Waals surface area contributed by atoms with Crippen LogP contribution in [-0.2, 0) is 0 Å². The van der Waals surface area contributed by atoms with Crippen molar-refractivity contribution in [3.63, 3.8) is 0 Å². The number of hydrogen-bond acceptors (Lipinski definition) is 2. The third-order valence-electron chi connectivity index (χ3n) is 3.45. The molecule has 4 nitrogen and oxygen atoms in total. The maximum atomic E-state index is 11.9. The first-order valence-electron chi connectivity index (χ1n) is 7.23. The van der Waals surface area contributed by atoms with Gasteiger partial charge >= 0.3 is 6.03 Å². The number of carbonyl (C=O) groups excluding carboxylic acids is 1. The lowest BCUT2D eigenvalue weighted by molar-refractivity contribution is 0.243. The van der Waals surface area contributed by atoms with Crippen LogP contribution in [0.2, 0.25) is 0 Å². The maximum absolute atomic E-state index is 11.9. The fourth-order valence-electron chi connectivity index (χ4n) is 2.36. The van der Waals surface area contributed by atoms with Crippen LogP contribution in [0.15, 0.2) is 36.9 Å². The van der Waals surface area contributed by atoms with Gasteiger partial charge in [0.25, 0.3) is 0 Å². The molecule has 1 aliphatic heterocycles. The Morgan fingerprint density at radius 2 is 2.40 bits per heavy atom. The van der Waals surface area contributed by atoms with E-state index in [1.54, 1.807) is 4.90 Å². The van der Waals surface area contributed by atoms with Crippen molar-refractivity contribution in [3.8, 4) is 0 Å². The summed E-state index contributed by atoms with van der Waals surface area (Å²) in [6.07, 6.45) is 4.98. The first-order valence-corrected chi connectivity index (χ1v) is 7.23. The predicted octanol–water partition coefficient (Wildman–Crippen LogP) is 3.37. The first-order chi connectivity index (χ1) is 9.70. The monoisotopic (exact) mass is 273 g/mol. The van der Waals surface area contributed by atoms with Gasteiger partial charge in [-0.3, -0.25) is 4.90 Å². The Morgan fingerprint density at radius 3 is 3.15 bits per heavy atom. The summed E-state index contributed by atoms with van der Waals surface area (Å²) in [5.74, 6) is 0. The van der Waals surface area contributed by atoms with Gasteiger partial charge in [-0.15, -0.1) is 6.58 Å². The number of hydrogen-bond donors (Lipinski definition) is 2. The van der Waals surface area contributed by atoms with Gasteiger partial charge in [0.1, 0.15) is 0 Å². The zero-order valence-corrected chi connectivity index (χ0v) is 12.1. The molecular weight excluding hydrogens is 250 g/mol. The van der Waals surface area contributed by atoms with E-state index < -0.39 is 0 Å². The van der Waals surface area contributed by atoms with Crippen LogP contribution >= 0.6 is 0 Å². The van der Waals surface area contributed by atoms with Crippen molar-refractivity contribution >= 4 is 17.4 Å². The van der Waals surface area contributed by atoms with E-state index in [9.17, 15) is 4.79 Å². The number of urea groups is 1. The topological polar surface area (TPSA) is 44.4 Å². The summed E-state index contributed by atoms with van der Waals surface area (Å²) >= 11 is 0. The van der Waals surface area contributed by atoms with Crippen molar-refractivity contribution in [2.24, 2.45) is 0 Å². The summed E-state index contributed by atoms with van der Waals surface area (Å²) in [4.78, 5) is 13.6. The highest BCUT2D eigenvalue weighted by molar-refractivity contribution is 5.93. The minimum Gasteiger partial charge on any atom is -0.383 e. The highest BCUT2D eigenvalue weighted by Crippen LogP contribution is 2.22. The molecule has 1 heterocycles. The quantitative estimate of drug-likeness (QED) is 0.780. The molecule has 4 heteroatoms. The normalized spacial score (nSPS) is 16.4. The summed E-state index contributed by atoms with van der Waals surface area (Å²) in [6.45, 7) is 7.45. The Balaban J connectivity index is 2.03. The fraction of sp³-hybridized carbons (Fsp3) is 0.438. The van der Waals surface area contributed by atoms with Crippen LogP contribution in [0.3, 0.4) is 0 Å². The third kappa shape index (κ3) is 3.76. The second-order valence-electron chi connectivity index (χ2n) is 5.20. The van der Waals surface area contributed by atoms with Crippen molar-refractivity contribution in [1.29, 1.82) is 0 Å². The minimum atomic E-state index is -0.00638. The zero-order chi connectivity index (χ0) is 14.4. The molecule has 2 amide bonds. The van der Waals surface area contributed by atoms with Crippen molar-refractivity contribution < 1.29 is 4.79 Å². The summed E-state index contributed by atoms with van der Waals surface area (Å²) in [5.41, 5.74) is 2.00. The van der Waals surface area contributed by atoms with E-state index >= 15 is 0 Å². The number of allylic oxidation sites excluding steroid dienone is 1. The lowest BCUT2D eigenvalue weighted by Crippen LogP contribution is -2.46. The van der Waals surface area contributed by atoms with E-state index in [1.807, 2.05) is 30.3 Å². The molecule has 1 aromatic rings. The number of amides is 2. The van der Waals surface area contributed by atoms with Crippen LogP contribution in [0.5, 0.6) is 0 Å². The van der Waals surface area contributed by atoms with Gasteiger partial charge in [-0.2, -0.15) is 0 Å². The van der Waals surface area contributed by atoms with Crippen molar-refractivity contribution in [3.05, 3.63) is 36.9 Å². The standard InChI is InChI=1S/C16H23N3O/c1-3-4-7-13(2)18-14-8-5-9-15(12-14)19-11-6-10-17-16(19)20/h3,5,8-9,12-13,18H,1,4,6-7,10-11H2,2H3,(H,17,20)/t13-/m0/s1. The number of benzene rings is 1. The number of anilines is 2. The minimum absolute atomic E-state index is 0.00638. The molecule has 1 atom stereocenters. The van der Waals surface area contributed by atoms with Gasteiger partial charge in [-0.25, -0.2) is 4.79 Å². The van der Waals surface area contributed by atoms with Crippen LogP contribution in [-0.4, -0.2) is 25.2 Å². The van der Waals surface area contributed by atoms with E-state index in [0.29, 0.717) is 6.04 Å². The zero-order valence-electron chi connectivity index (χ0n) is 12.1. The lowest BCUT2D eigenvalue weighted by atomic mass is 10.1. The Morgan fingerprint density at radius 1 is 1.55 bits per heavy atom. The molecule has 0 aromatic heterocycles. The smallest absolute Gasteiger partial charge is 0.321 e. The van der Waals surface area contributed by atoms with E-state index in [2.05, 4.69) is 24.1 Å². The van der Waals surface area contributed by atoms with E-state index in [1.165, 1.54) is 0 Å². The predicted molar refractivity (Wildman–Crippen MR) is 84.3 cm³/mol. The molecule has 0 spiro atoms. The molecule has 0 saturated carbocycles. The molecule has 20 heavy (non-hydrogen) atoms. The molecule has 2 rings (SSSR count). The highest BCUT2D eigenvalue weighted by atomic mass is 16.2. The van der Waals surface area contributed by atoms with E-state index in [-0.39, 0.29) is 6.03 Å². The molecule has 1 saturated heterocycles. The molecule has 108 valence electrons. The largest absolute Gasteiger partial charge is 0.383 e. The van der Waals surface area contributed by atoms with Crippen LogP contribution in [0.1, 0.15) is 26.2 Å². The van der Waals surface area contributed by atoms with E-state index in [0.717, 1.165) is 43.7 Å². The summed E-state index contributed by atoms with van der Waals surface area (Å²) in [5, 5.41) is 6.34. The third-order valence-corrected chi connectivity index (χ3v) is 3.45. The molecule has 2 N–H and O–H groups in total. The number of nitrogens with zero attached hydrogens (tertiary/aromatic N) is 1. The van der Waals surface area contributed by atoms with Crippen molar-refractivity contribution in [1.82, 2.24) is 5.32 Å². The van der Waals surface area contributed by atoms with Gasteiger partial charge in [0, 0.05) is 30.5 Å². The molecule has 1 aliphatic rings. The Kier molecular flexibility index (Phi) is 5.04. The highest BCUT2D eigenvalue weighted by Gasteiger charge is 2.19. The molecule has 0 radical (unpaired) electrons. The van der Waals surface area contributed by atoms with Crippen molar-refractivity contribution in [2.45, 2.75) is 32.2 Å². The summed E-state index contributed by atoms with van der Waals surface area (Å²) in [6, 6.07) is 8.42. The van der Waals surface area contributed by atoms with Gasteiger partial charge in [-0.1, -0.05) is 12.1 Å². The fourth-order valence-corrected chi connectivity index (χ4v) is 2.36. The number of nitrogens with one attached hydrogen (secondary N) is 2. The number of rotatable bonds is 6. The van der Waals surface area contributed by atoms with Gasteiger partial charge in [-0.05, 0) is 44.4 Å². The molecule has 0 aliphatic carbocycles. The molecule has 1 fully saturated rings. The average molecular weight is 273 g/mol. The van der Waals surface area contributed by atoms with E-state index in [4.69, 9.17) is 0 Å². The molecule has 0 bridgehead atoms.